The molecular weight excluding hydrogens is 298 g/mol. The molecule has 0 aliphatic heterocycles. The third-order valence-electron chi connectivity index (χ3n) is 3.63. The van der Waals surface area contributed by atoms with Gasteiger partial charge in [0.2, 0.25) is 0 Å². The van der Waals surface area contributed by atoms with Crippen molar-refractivity contribution >= 4 is 17.2 Å². The van der Waals surface area contributed by atoms with Crippen molar-refractivity contribution in [2.75, 3.05) is 20.7 Å². The highest BCUT2D eigenvalue weighted by Gasteiger charge is 2.21. The van der Waals surface area contributed by atoms with E-state index in [0.29, 0.717) is 18.7 Å². The van der Waals surface area contributed by atoms with Gasteiger partial charge >= 0.3 is 0 Å². The SMILES string of the molecule is COc1ccc(C(C)N(C)C(=O)c2csc(CCN)n2)cc1. The Labute approximate surface area is 134 Å². The normalized spacial score (nSPS) is 12.0. The van der Waals surface area contributed by atoms with Crippen LogP contribution in [0.2, 0.25) is 0 Å². The molecule has 6 heteroatoms. The first-order valence-electron chi connectivity index (χ1n) is 7.12. The predicted octanol–water partition coefficient (Wildman–Crippen LogP) is 2.49. The summed E-state index contributed by atoms with van der Waals surface area (Å²) in [6, 6.07) is 7.68. The van der Waals surface area contributed by atoms with Gasteiger partial charge in [0.15, 0.2) is 0 Å². The zero-order valence-electron chi connectivity index (χ0n) is 13.1. The molecule has 0 bridgehead atoms. The monoisotopic (exact) mass is 319 g/mol. The number of carbonyl (C=O) groups is 1. The summed E-state index contributed by atoms with van der Waals surface area (Å²) in [4.78, 5) is 18.6. The summed E-state index contributed by atoms with van der Waals surface area (Å²) in [7, 11) is 3.43. The lowest BCUT2D eigenvalue weighted by Crippen LogP contribution is -2.30. The maximum absolute atomic E-state index is 12.5. The molecule has 5 nitrogen and oxygen atoms in total. The molecule has 1 unspecified atom stereocenters. The molecule has 2 N–H and O–H groups in total. The summed E-state index contributed by atoms with van der Waals surface area (Å²) >= 11 is 1.48. The number of nitrogens with zero attached hydrogens (tertiary/aromatic N) is 2. The lowest BCUT2D eigenvalue weighted by Gasteiger charge is -2.24. The molecule has 0 fully saturated rings. The minimum absolute atomic E-state index is 0.0435. The Morgan fingerprint density at radius 2 is 2.09 bits per heavy atom. The lowest BCUT2D eigenvalue weighted by atomic mass is 10.1. The van der Waals surface area contributed by atoms with Crippen molar-refractivity contribution in [2.45, 2.75) is 19.4 Å². The van der Waals surface area contributed by atoms with Crippen LogP contribution in [0.4, 0.5) is 0 Å². The Bertz CT molecular complexity index is 625. The third kappa shape index (κ3) is 3.64. The maximum atomic E-state index is 12.5. The summed E-state index contributed by atoms with van der Waals surface area (Å²) in [5.41, 5.74) is 7.05. The van der Waals surface area contributed by atoms with Gasteiger partial charge in [-0.3, -0.25) is 4.79 Å². The fraction of sp³-hybridized carbons (Fsp3) is 0.375. The summed E-state index contributed by atoms with van der Waals surface area (Å²) < 4.78 is 5.15. The van der Waals surface area contributed by atoms with Gasteiger partial charge in [0.05, 0.1) is 18.2 Å². The van der Waals surface area contributed by atoms with Crippen molar-refractivity contribution in [3.05, 3.63) is 45.9 Å². The molecule has 1 aromatic heterocycles. The Hall–Kier alpha value is -1.92. The van der Waals surface area contributed by atoms with Crippen molar-refractivity contribution in [1.29, 1.82) is 0 Å². The van der Waals surface area contributed by atoms with Crippen LogP contribution in [0.15, 0.2) is 29.6 Å². The Balaban J connectivity index is 2.10. The van der Waals surface area contributed by atoms with E-state index >= 15 is 0 Å². The van der Waals surface area contributed by atoms with Crippen LogP contribution in [-0.4, -0.2) is 36.5 Å². The minimum Gasteiger partial charge on any atom is -0.497 e. The van der Waals surface area contributed by atoms with Gasteiger partial charge in [-0.05, 0) is 31.2 Å². The van der Waals surface area contributed by atoms with Crippen molar-refractivity contribution in [2.24, 2.45) is 5.73 Å². The van der Waals surface area contributed by atoms with E-state index in [1.165, 1.54) is 11.3 Å². The van der Waals surface area contributed by atoms with Crippen LogP contribution >= 0.6 is 11.3 Å². The minimum atomic E-state index is -0.0807. The molecule has 0 aliphatic rings. The van der Waals surface area contributed by atoms with E-state index in [1.807, 2.05) is 31.2 Å². The standard InChI is InChI=1S/C16H21N3O2S/c1-11(12-4-6-13(21-3)7-5-12)19(2)16(20)14-10-22-15(18-14)8-9-17/h4-7,10-11H,8-9,17H2,1-3H3. The van der Waals surface area contributed by atoms with E-state index in [1.54, 1.807) is 24.4 Å². The molecule has 0 spiro atoms. The van der Waals surface area contributed by atoms with E-state index < -0.39 is 0 Å². The van der Waals surface area contributed by atoms with Crippen LogP contribution in [0.1, 0.15) is 34.0 Å². The van der Waals surface area contributed by atoms with Crippen molar-refractivity contribution in [1.82, 2.24) is 9.88 Å². The van der Waals surface area contributed by atoms with Crippen molar-refractivity contribution in [3.63, 3.8) is 0 Å². The number of rotatable bonds is 6. The molecule has 1 atom stereocenters. The number of carbonyl (C=O) groups excluding carboxylic acids is 1. The van der Waals surface area contributed by atoms with Gasteiger partial charge in [-0.15, -0.1) is 11.3 Å². The molecule has 22 heavy (non-hydrogen) atoms. The van der Waals surface area contributed by atoms with Crippen LogP contribution in [0.5, 0.6) is 5.75 Å². The number of nitrogens with two attached hydrogens (primary N) is 1. The van der Waals surface area contributed by atoms with Gasteiger partial charge in [-0.1, -0.05) is 12.1 Å². The summed E-state index contributed by atoms with van der Waals surface area (Å²) in [5, 5.41) is 2.70. The first-order valence-corrected chi connectivity index (χ1v) is 8.00. The third-order valence-corrected chi connectivity index (χ3v) is 4.54. The van der Waals surface area contributed by atoms with Gasteiger partial charge < -0.3 is 15.4 Å². The number of amides is 1. The van der Waals surface area contributed by atoms with Crippen molar-refractivity contribution < 1.29 is 9.53 Å². The average Bonchev–Trinajstić information content (AvgIpc) is 3.02. The summed E-state index contributed by atoms with van der Waals surface area (Å²) in [5.74, 6) is 0.721. The number of ether oxygens (including phenoxy) is 1. The van der Waals surface area contributed by atoms with Crippen LogP contribution < -0.4 is 10.5 Å². The molecule has 0 aliphatic carbocycles. The quantitative estimate of drug-likeness (QED) is 0.888. The Morgan fingerprint density at radius 3 is 2.68 bits per heavy atom. The fourth-order valence-electron chi connectivity index (χ4n) is 2.11. The molecule has 2 rings (SSSR count). The first kappa shape index (κ1) is 16.5. The van der Waals surface area contributed by atoms with E-state index in [9.17, 15) is 4.79 Å². The molecule has 0 saturated carbocycles. The predicted molar refractivity (Wildman–Crippen MR) is 88.4 cm³/mol. The Kier molecular flexibility index (Phi) is 5.51. The molecule has 1 amide bonds. The maximum Gasteiger partial charge on any atom is 0.273 e. The van der Waals surface area contributed by atoms with E-state index in [-0.39, 0.29) is 11.9 Å². The molecular formula is C16H21N3O2S. The summed E-state index contributed by atoms with van der Waals surface area (Å²) in [6.07, 6.45) is 0.704. The number of methoxy groups -OCH3 is 1. The lowest BCUT2D eigenvalue weighted by molar-refractivity contribution is 0.0737. The smallest absolute Gasteiger partial charge is 0.273 e. The number of hydrogen-bond acceptors (Lipinski definition) is 5. The van der Waals surface area contributed by atoms with E-state index in [0.717, 1.165) is 16.3 Å². The highest BCUT2D eigenvalue weighted by Crippen LogP contribution is 2.23. The van der Waals surface area contributed by atoms with Crippen LogP contribution in [-0.2, 0) is 6.42 Å². The number of thiazole rings is 1. The summed E-state index contributed by atoms with van der Waals surface area (Å²) in [6.45, 7) is 2.53. The second kappa shape index (κ2) is 7.38. The second-order valence-corrected chi connectivity index (χ2v) is 5.97. The van der Waals surface area contributed by atoms with E-state index in [4.69, 9.17) is 10.5 Å². The van der Waals surface area contributed by atoms with Crippen LogP contribution in [0.3, 0.4) is 0 Å². The van der Waals surface area contributed by atoms with Gasteiger partial charge in [-0.25, -0.2) is 4.98 Å². The zero-order valence-corrected chi connectivity index (χ0v) is 13.9. The molecule has 0 saturated heterocycles. The highest BCUT2D eigenvalue weighted by molar-refractivity contribution is 7.09. The van der Waals surface area contributed by atoms with Gasteiger partial charge in [0.25, 0.3) is 5.91 Å². The largest absolute Gasteiger partial charge is 0.497 e. The number of hydrogen-bond donors (Lipinski definition) is 1. The molecule has 1 aromatic carbocycles. The van der Waals surface area contributed by atoms with E-state index in [2.05, 4.69) is 4.98 Å². The van der Waals surface area contributed by atoms with Gasteiger partial charge in [0, 0.05) is 18.8 Å². The van der Waals surface area contributed by atoms with Crippen LogP contribution in [0, 0.1) is 0 Å². The molecule has 118 valence electrons. The second-order valence-electron chi connectivity index (χ2n) is 5.03. The molecule has 0 radical (unpaired) electrons. The topological polar surface area (TPSA) is 68.5 Å². The van der Waals surface area contributed by atoms with Crippen molar-refractivity contribution in [3.8, 4) is 5.75 Å². The van der Waals surface area contributed by atoms with Gasteiger partial charge in [-0.2, -0.15) is 0 Å². The van der Waals surface area contributed by atoms with Gasteiger partial charge in [0.1, 0.15) is 11.4 Å². The Morgan fingerprint density at radius 1 is 1.41 bits per heavy atom. The van der Waals surface area contributed by atoms with Crippen LogP contribution in [0.25, 0.3) is 0 Å². The fourth-order valence-corrected chi connectivity index (χ4v) is 2.90. The number of benzene rings is 1. The number of aromatic nitrogens is 1. The first-order chi connectivity index (χ1) is 10.6. The molecule has 2 aromatic rings. The average molecular weight is 319 g/mol. The zero-order chi connectivity index (χ0) is 16.1. The highest BCUT2D eigenvalue weighted by atomic mass is 32.1. The molecule has 1 heterocycles.